The number of likely N-dealkylation sites (N-methyl/N-ethyl adjacent to an activating group) is 1. The summed E-state index contributed by atoms with van der Waals surface area (Å²) in [6.07, 6.45) is 2.70. The van der Waals surface area contributed by atoms with Gasteiger partial charge in [-0.25, -0.2) is 12.8 Å². The molecule has 0 aliphatic heterocycles. The van der Waals surface area contributed by atoms with Crippen LogP contribution in [-0.4, -0.2) is 32.2 Å². The zero-order chi connectivity index (χ0) is 18.7. The van der Waals surface area contributed by atoms with Crippen molar-refractivity contribution in [1.82, 2.24) is 4.31 Å². The number of rotatable bonds is 5. The zero-order valence-corrected chi connectivity index (χ0v) is 15.1. The average molecular weight is 374 g/mol. The van der Waals surface area contributed by atoms with Crippen LogP contribution in [0.1, 0.15) is 17.5 Å². The van der Waals surface area contributed by atoms with E-state index in [2.05, 4.69) is 5.32 Å². The molecule has 1 aliphatic rings. The van der Waals surface area contributed by atoms with Gasteiger partial charge in [0.1, 0.15) is 5.82 Å². The molecular formula is C19H19FN2O3S. The van der Waals surface area contributed by atoms with Crippen LogP contribution in [-0.2, 0) is 21.2 Å². The van der Waals surface area contributed by atoms with E-state index in [4.69, 9.17) is 0 Å². The molecule has 0 radical (unpaired) electrons. The molecule has 0 spiro atoms. The van der Waals surface area contributed by atoms with Gasteiger partial charge < -0.3 is 5.32 Å². The van der Waals surface area contributed by atoms with E-state index in [1.165, 1.54) is 31.3 Å². The molecule has 5 nitrogen and oxygen atoms in total. The van der Waals surface area contributed by atoms with E-state index >= 15 is 0 Å². The molecule has 136 valence electrons. The van der Waals surface area contributed by atoms with E-state index in [0.29, 0.717) is 12.8 Å². The van der Waals surface area contributed by atoms with E-state index in [0.717, 1.165) is 15.4 Å². The molecule has 0 aromatic heterocycles. The Labute approximate surface area is 152 Å². The second-order valence-electron chi connectivity index (χ2n) is 6.13. The number of allylic oxidation sites excluding steroid dienone is 1. The van der Waals surface area contributed by atoms with Gasteiger partial charge in [-0.1, -0.05) is 30.3 Å². The van der Waals surface area contributed by atoms with Gasteiger partial charge >= 0.3 is 0 Å². The SMILES string of the molecule is CN(CC(=O)Nc1cccc(F)c1)S(=O)(=O)C1=Cc2ccccc2CC1. The lowest BCUT2D eigenvalue weighted by Gasteiger charge is -2.22. The monoisotopic (exact) mass is 374 g/mol. The fourth-order valence-electron chi connectivity index (χ4n) is 2.86. The zero-order valence-electron chi connectivity index (χ0n) is 14.3. The summed E-state index contributed by atoms with van der Waals surface area (Å²) in [5.74, 6) is -1.01. The van der Waals surface area contributed by atoms with Crippen molar-refractivity contribution in [1.29, 1.82) is 0 Å². The third-order valence-electron chi connectivity index (χ3n) is 4.23. The molecule has 0 heterocycles. The van der Waals surface area contributed by atoms with Gasteiger partial charge in [0.15, 0.2) is 0 Å². The molecule has 3 rings (SSSR count). The van der Waals surface area contributed by atoms with Crippen molar-refractivity contribution >= 4 is 27.7 Å². The Balaban J connectivity index is 1.71. The molecule has 0 unspecified atom stereocenters. The molecule has 0 bridgehead atoms. The van der Waals surface area contributed by atoms with E-state index in [1.54, 1.807) is 6.08 Å². The maximum atomic E-state index is 13.2. The maximum absolute atomic E-state index is 13.2. The third-order valence-corrected chi connectivity index (χ3v) is 6.16. The predicted molar refractivity (Wildman–Crippen MR) is 99.3 cm³/mol. The molecule has 0 atom stereocenters. The van der Waals surface area contributed by atoms with Crippen LogP contribution in [0.2, 0.25) is 0 Å². The number of carbonyl (C=O) groups excluding carboxylic acids is 1. The van der Waals surface area contributed by atoms with Gasteiger partial charge in [-0.05, 0) is 48.2 Å². The molecule has 26 heavy (non-hydrogen) atoms. The van der Waals surface area contributed by atoms with Gasteiger partial charge in [-0.15, -0.1) is 0 Å². The number of carbonyl (C=O) groups is 1. The third kappa shape index (κ3) is 4.00. The standard InChI is InChI=1S/C19H19FN2O3S/c1-22(13-19(23)21-17-8-4-7-16(20)12-17)26(24,25)18-10-9-14-5-2-3-6-15(14)11-18/h2-8,11-12H,9-10,13H2,1H3,(H,21,23). The van der Waals surface area contributed by atoms with Gasteiger partial charge in [-0.2, -0.15) is 4.31 Å². The van der Waals surface area contributed by atoms with Crippen molar-refractivity contribution in [2.24, 2.45) is 0 Å². The first-order valence-corrected chi connectivity index (χ1v) is 9.60. The number of fused-ring (bicyclic) bond motifs is 1. The lowest BCUT2D eigenvalue weighted by Crippen LogP contribution is -2.36. The van der Waals surface area contributed by atoms with E-state index < -0.39 is 21.7 Å². The number of anilines is 1. The Morgan fingerprint density at radius 1 is 1.15 bits per heavy atom. The Kier molecular flexibility index (Phi) is 5.20. The van der Waals surface area contributed by atoms with E-state index in [9.17, 15) is 17.6 Å². The predicted octanol–water partition coefficient (Wildman–Crippen LogP) is 3.01. The molecule has 2 aromatic rings. The number of halogens is 1. The van der Waals surface area contributed by atoms with Gasteiger partial charge in [0, 0.05) is 12.7 Å². The van der Waals surface area contributed by atoms with Gasteiger partial charge in [-0.3, -0.25) is 4.79 Å². The highest BCUT2D eigenvalue weighted by atomic mass is 32.2. The molecule has 0 saturated heterocycles. The highest BCUT2D eigenvalue weighted by Gasteiger charge is 2.27. The lowest BCUT2D eigenvalue weighted by molar-refractivity contribution is -0.116. The summed E-state index contributed by atoms with van der Waals surface area (Å²) in [6, 6.07) is 13.1. The maximum Gasteiger partial charge on any atom is 0.239 e. The Bertz CT molecular complexity index is 970. The topological polar surface area (TPSA) is 66.5 Å². The minimum Gasteiger partial charge on any atom is -0.325 e. The molecule has 0 fully saturated rings. The summed E-state index contributed by atoms with van der Waals surface area (Å²) in [6.45, 7) is -0.349. The molecular weight excluding hydrogens is 355 g/mol. The first-order chi connectivity index (χ1) is 12.4. The van der Waals surface area contributed by atoms with Crippen molar-refractivity contribution in [2.45, 2.75) is 12.8 Å². The summed E-state index contributed by atoms with van der Waals surface area (Å²) in [7, 11) is -2.38. The molecule has 1 aliphatic carbocycles. The fourth-order valence-corrected chi connectivity index (χ4v) is 4.19. The highest BCUT2D eigenvalue weighted by Crippen LogP contribution is 2.28. The fraction of sp³-hybridized carbons (Fsp3) is 0.211. The number of benzene rings is 2. The quantitative estimate of drug-likeness (QED) is 0.875. The molecule has 1 amide bonds. The molecule has 0 saturated carbocycles. The summed E-state index contributed by atoms with van der Waals surface area (Å²) in [4.78, 5) is 12.4. The van der Waals surface area contributed by atoms with Crippen LogP contribution in [0, 0.1) is 5.82 Å². The Hall–Kier alpha value is -2.51. The number of nitrogens with zero attached hydrogens (tertiary/aromatic N) is 1. The van der Waals surface area contributed by atoms with Gasteiger partial charge in [0.05, 0.1) is 11.4 Å². The van der Waals surface area contributed by atoms with Crippen LogP contribution in [0.25, 0.3) is 6.08 Å². The van der Waals surface area contributed by atoms with E-state index in [-0.39, 0.29) is 17.1 Å². The average Bonchev–Trinajstić information content (AvgIpc) is 2.61. The second-order valence-corrected chi connectivity index (χ2v) is 8.23. The highest BCUT2D eigenvalue weighted by molar-refractivity contribution is 7.93. The van der Waals surface area contributed by atoms with Crippen LogP contribution in [0.15, 0.2) is 53.4 Å². The molecule has 1 N–H and O–H groups in total. The van der Waals surface area contributed by atoms with Gasteiger partial charge in [0.2, 0.25) is 15.9 Å². The molecule has 7 heteroatoms. The van der Waals surface area contributed by atoms with Crippen molar-refractivity contribution in [3.05, 3.63) is 70.4 Å². The summed E-state index contributed by atoms with van der Waals surface area (Å²) in [5, 5.41) is 2.50. The number of amides is 1. The number of hydrogen-bond donors (Lipinski definition) is 1. The smallest absolute Gasteiger partial charge is 0.239 e. The molecule has 2 aromatic carbocycles. The largest absolute Gasteiger partial charge is 0.325 e. The first-order valence-electron chi connectivity index (χ1n) is 8.16. The summed E-state index contributed by atoms with van der Waals surface area (Å²) >= 11 is 0. The number of hydrogen-bond acceptors (Lipinski definition) is 3. The van der Waals surface area contributed by atoms with Crippen molar-refractivity contribution in [3.63, 3.8) is 0 Å². The normalized spacial score (nSPS) is 13.9. The Morgan fingerprint density at radius 3 is 2.69 bits per heavy atom. The first kappa shape index (κ1) is 18.3. The number of aryl methyl sites for hydroxylation is 1. The van der Waals surface area contributed by atoms with Crippen LogP contribution in [0.4, 0.5) is 10.1 Å². The lowest BCUT2D eigenvalue weighted by atomic mass is 9.98. The summed E-state index contributed by atoms with van der Waals surface area (Å²) in [5.41, 5.74) is 2.28. The minimum absolute atomic E-state index is 0.284. The van der Waals surface area contributed by atoms with Crippen molar-refractivity contribution in [2.75, 3.05) is 18.9 Å². The number of sulfonamides is 1. The minimum atomic E-state index is -3.74. The van der Waals surface area contributed by atoms with Crippen LogP contribution in [0.3, 0.4) is 0 Å². The van der Waals surface area contributed by atoms with Gasteiger partial charge in [0.25, 0.3) is 0 Å². The van der Waals surface area contributed by atoms with Crippen molar-refractivity contribution < 1.29 is 17.6 Å². The van der Waals surface area contributed by atoms with Crippen LogP contribution < -0.4 is 5.32 Å². The van der Waals surface area contributed by atoms with E-state index in [1.807, 2.05) is 24.3 Å². The van der Waals surface area contributed by atoms with Crippen molar-refractivity contribution in [3.8, 4) is 0 Å². The summed E-state index contributed by atoms with van der Waals surface area (Å²) < 4.78 is 39.7. The van der Waals surface area contributed by atoms with Crippen LogP contribution >= 0.6 is 0 Å². The Morgan fingerprint density at radius 2 is 1.92 bits per heavy atom. The second kappa shape index (κ2) is 7.39. The number of nitrogens with one attached hydrogen (secondary N) is 1. The van der Waals surface area contributed by atoms with Crippen LogP contribution in [0.5, 0.6) is 0 Å².